The Hall–Kier alpha value is -1.75. The lowest BCUT2D eigenvalue weighted by atomic mass is 10.1. The van der Waals surface area contributed by atoms with Gasteiger partial charge in [-0.2, -0.15) is 8.75 Å². The molecule has 4 nitrogen and oxygen atoms in total. The molecule has 0 spiro atoms. The zero-order chi connectivity index (χ0) is 12.3. The lowest BCUT2D eigenvalue weighted by molar-refractivity contribution is -0.120. The number of nitrogens with zero attached hydrogens (tertiary/aromatic N) is 2. The normalized spacial score (nSPS) is 10.4. The van der Waals surface area contributed by atoms with Crippen molar-refractivity contribution >= 4 is 28.7 Å². The Morgan fingerprint density at radius 2 is 2.29 bits per heavy atom. The van der Waals surface area contributed by atoms with E-state index in [1.165, 1.54) is 11.7 Å². The van der Waals surface area contributed by atoms with Crippen molar-refractivity contribution in [1.29, 1.82) is 0 Å². The number of nitrogens with one attached hydrogen (secondary N) is 1. The summed E-state index contributed by atoms with van der Waals surface area (Å²) in [4.78, 5) is 11.7. The van der Waals surface area contributed by atoms with E-state index in [9.17, 15) is 4.79 Å². The fourth-order valence-electron chi connectivity index (χ4n) is 1.49. The van der Waals surface area contributed by atoms with Crippen LogP contribution >= 0.6 is 11.7 Å². The first-order valence-electron chi connectivity index (χ1n) is 5.28. The van der Waals surface area contributed by atoms with E-state index in [1.54, 1.807) is 0 Å². The average Bonchev–Trinajstić information content (AvgIpc) is 2.75. The third-order valence-electron chi connectivity index (χ3n) is 2.31. The smallest absolute Gasteiger partial charge is 0.224 e. The fraction of sp³-hybridized carbons (Fsp3) is 0.250. The van der Waals surface area contributed by atoms with E-state index in [0.29, 0.717) is 13.0 Å². The van der Waals surface area contributed by atoms with Crippen LogP contribution in [0.1, 0.15) is 12.5 Å². The highest BCUT2D eigenvalue weighted by atomic mass is 32.1. The Morgan fingerprint density at radius 3 is 3.06 bits per heavy atom. The lowest BCUT2D eigenvalue weighted by Gasteiger charge is -2.04. The highest BCUT2D eigenvalue weighted by molar-refractivity contribution is 7.00. The van der Waals surface area contributed by atoms with Gasteiger partial charge in [-0.3, -0.25) is 4.79 Å². The number of benzene rings is 1. The number of carbonyl (C=O) groups is 1. The van der Waals surface area contributed by atoms with Gasteiger partial charge >= 0.3 is 0 Å². The fourth-order valence-corrected chi connectivity index (χ4v) is 2.06. The van der Waals surface area contributed by atoms with Gasteiger partial charge in [0.1, 0.15) is 11.0 Å². The van der Waals surface area contributed by atoms with Crippen LogP contribution in [0, 0.1) is 0 Å². The molecule has 1 N–H and O–H groups in total. The SMILES string of the molecule is C=C(C)CNC(=O)Cc1cccc2nsnc12. The Kier molecular flexibility index (Phi) is 3.49. The van der Waals surface area contributed by atoms with Crippen molar-refractivity contribution in [2.45, 2.75) is 13.3 Å². The Balaban J connectivity index is 2.10. The maximum absolute atomic E-state index is 11.7. The summed E-state index contributed by atoms with van der Waals surface area (Å²) in [6, 6.07) is 5.70. The van der Waals surface area contributed by atoms with Crippen molar-refractivity contribution in [2.75, 3.05) is 6.54 Å². The lowest BCUT2D eigenvalue weighted by Crippen LogP contribution is -2.26. The van der Waals surface area contributed by atoms with Gasteiger partial charge in [0.15, 0.2) is 0 Å². The van der Waals surface area contributed by atoms with Crippen molar-refractivity contribution in [1.82, 2.24) is 14.1 Å². The summed E-state index contributed by atoms with van der Waals surface area (Å²) in [7, 11) is 0. The largest absolute Gasteiger partial charge is 0.352 e. The van der Waals surface area contributed by atoms with Crippen molar-refractivity contribution < 1.29 is 4.79 Å². The van der Waals surface area contributed by atoms with Crippen LogP contribution in [0.3, 0.4) is 0 Å². The van der Waals surface area contributed by atoms with Crippen LogP contribution in [-0.4, -0.2) is 21.2 Å². The summed E-state index contributed by atoms with van der Waals surface area (Å²) in [5, 5.41) is 2.80. The average molecular weight is 247 g/mol. The first-order chi connectivity index (χ1) is 8.16. The summed E-state index contributed by atoms with van der Waals surface area (Å²) in [6.45, 7) is 6.14. The monoisotopic (exact) mass is 247 g/mol. The standard InChI is InChI=1S/C12H13N3OS/c1-8(2)7-13-11(16)6-9-4-3-5-10-12(9)15-17-14-10/h3-5H,1,6-7H2,2H3,(H,13,16). The van der Waals surface area contributed by atoms with Gasteiger partial charge in [0.25, 0.3) is 0 Å². The maximum Gasteiger partial charge on any atom is 0.224 e. The maximum atomic E-state index is 11.7. The third kappa shape index (κ3) is 2.88. The van der Waals surface area contributed by atoms with Crippen LogP contribution < -0.4 is 5.32 Å². The second-order valence-electron chi connectivity index (χ2n) is 3.96. The quantitative estimate of drug-likeness (QED) is 0.840. The first kappa shape index (κ1) is 11.7. The minimum atomic E-state index is -0.0199. The van der Waals surface area contributed by atoms with E-state index in [2.05, 4.69) is 20.6 Å². The molecule has 0 aliphatic heterocycles. The minimum Gasteiger partial charge on any atom is -0.352 e. The van der Waals surface area contributed by atoms with E-state index in [0.717, 1.165) is 22.2 Å². The van der Waals surface area contributed by atoms with Gasteiger partial charge in [-0.05, 0) is 18.6 Å². The van der Waals surface area contributed by atoms with Crippen molar-refractivity contribution in [3.63, 3.8) is 0 Å². The van der Waals surface area contributed by atoms with Gasteiger partial charge < -0.3 is 5.32 Å². The predicted molar refractivity (Wildman–Crippen MR) is 68.9 cm³/mol. The first-order valence-corrected chi connectivity index (χ1v) is 6.01. The minimum absolute atomic E-state index is 0.0199. The molecule has 1 aromatic carbocycles. The molecule has 88 valence electrons. The number of hydrogen-bond donors (Lipinski definition) is 1. The number of fused-ring (bicyclic) bond motifs is 1. The number of rotatable bonds is 4. The van der Waals surface area contributed by atoms with Crippen molar-refractivity contribution in [3.8, 4) is 0 Å². The van der Waals surface area contributed by atoms with Crippen LogP contribution in [-0.2, 0) is 11.2 Å². The number of amides is 1. The molecule has 0 fully saturated rings. The Morgan fingerprint density at radius 1 is 1.47 bits per heavy atom. The van der Waals surface area contributed by atoms with Gasteiger partial charge in [0, 0.05) is 6.54 Å². The number of carbonyl (C=O) groups excluding carboxylic acids is 1. The zero-order valence-corrected chi connectivity index (χ0v) is 10.4. The van der Waals surface area contributed by atoms with Crippen molar-refractivity contribution in [2.24, 2.45) is 0 Å². The molecule has 2 aromatic rings. The molecule has 0 atom stereocenters. The van der Waals surface area contributed by atoms with E-state index in [1.807, 2.05) is 25.1 Å². The summed E-state index contributed by atoms with van der Waals surface area (Å²) < 4.78 is 8.35. The molecular formula is C12H13N3OS. The van der Waals surface area contributed by atoms with E-state index >= 15 is 0 Å². The zero-order valence-electron chi connectivity index (χ0n) is 9.56. The highest BCUT2D eigenvalue weighted by Gasteiger charge is 2.08. The van der Waals surface area contributed by atoms with E-state index < -0.39 is 0 Å². The van der Waals surface area contributed by atoms with Gasteiger partial charge in [-0.15, -0.1) is 0 Å². The Bertz CT molecular complexity index is 562. The second-order valence-corrected chi connectivity index (χ2v) is 4.49. The number of aromatic nitrogens is 2. The van der Waals surface area contributed by atoms with Crippen LogP contribution in [0.15, 0.2) is 30.4 Å². The molecule has 17 heavy (non-hydrogen) atoms. The van der Waals surface area contributed by atoms with Gasteiger partial charge in [-0.1, -0.05) is 24.3 Å². The van der Waals surface area contributed by atoms with Gasteiger partial charge in [0.2, 0.25) is 5.91 Å². The van der Waals surface area contributed by atoms with E-state index in [-0.39, 0.29) is 5.91 Å². The Labute approximate surface area is 104 Å². The summed E-state index contributed by atoms with van der Waals surface area (Å²) >= 11 is 1.17. The molecule has 1 aromatic heterocycles. The van der Waals surface area contributed by atoms with Crippen molar-refractivity contribution in [3.05, 3.63) is 35.9 Å². The molecule has 1 heterocycles. The molecule has 0 aliphatic rings. The molecule has 0 saturated heterocycles. The second kappa shape index (κ2) is 5.05. The molecule has 0 saturated carbocycles. The third-order valence-corrected chi connectivity index (χ3v) is 2.85. The molecule has 0 unspecified atom stereocenters. The van der Waals surface area contributed by atoms with Gasteiger partial charge in [-0.25, -0.2) is 0 Å². The van der Waals surface area contributed by atoms with E-state index in [4.69, 9.17) is 0 Å². The summed E-state index contributed by atoms with van der Waals surface area (Å²) in [6.07, 6.45) is 0.329. The highest BCUT2D eigenvalue weighted by Crippen LogP contribution is 2.16. The molecule has 0 bridgehead atoms. The summed E-state index contributed by atoms with van der Waals surface area (Å²) in [5.74, 6) is -0.0199. The molecule has 5 heteroatoms. The molecule has 2 rings (SSSR count). The predicted octanol–water partition coefficient (Wildman–Crippen LogP) is 1.93. The van der Waals surface area contributed by atoms with Crippen LogP contribution in [0.4, 0.5) is 0 Å². The molecule has 0 radical (unpaired) electrons. The van der Waals surface area contributed by atoms with Crippen LogP contribution in [0.2, 0.25) is 0 Å². The summed E-state index contributed by atoms with van der Waals surface area (Å²) in [5.41, 5.74) is 3.52. The van der Waals surface area contributed by atoms with Gasteiger partial charge in [0.05, 0.1) is 18.1 Å². The molecular weight excluding hydrogens is 234 g/mol. The van der Waals surface area contributed by atoms with Crippen LogP contribution in [0.5, 0.6) is 0 Å². The molecule has 1 amide bonds. The molecule has 0 aliphatic carbocycles. The number of hydrogen-bond acceptors (Lipinski definition) is 4. The van der Waals surface area contributed by atoms with Crippen LogP contribution in [0.25, 0.3) is 11.0 Å². The topological polar surface area (TPSA) is 54.9 Å².